The van der Waals surface area contributed by atoms with Crippen molar-refractivity contribution in [1.29, 1.82) is 0 Å². The molecule has 1 rings (SSSR count). The van der Waals surface area contributed by atoms with Crippen molar-refractivity contribution in [3.8, 4) is 0 Å². The average Bonchev–Trinajstić information content (AvgIpc) is 2.22. The molecular formula is C11H24O2Si. The van der Waals surface area contributed by atoms with Crippen LogP contribution in [0.2, 0.25) is 6.04 Å². The van der Waals surface area contributed by atoms with Crippen LogP contribution in [0.15, 0.2) is 0 Å². The highest BCUT2D eigenvalue weighted by molar-refractivity contribution is 6.44. The summed E-state index contributed by atoms with van der Waals surface area (Å²) in [6, 6.07) is 1.19. The summed E-state index contributed by atoms with van der Waals surface area (Å²) < 4.78 is 10.7. The van der Waals surface area contributed by atoms with Crippen LogP contribution in [0, 0.1) is 11.8 Å². The van der Waals surface area contributed by atoms with E-state index in [0.29, 0.717) is 0 Å². The lowest BCUT2D eigenvalue weighted by Crippen LogP contribution is -2.21. The summed E-state index contributed by atoms with van der Waals surface area (Å²) >= 11 is 0. The van der Waals surface area contributed by atoms with Crippen molar-refractivity contribution in [3.63, 3.8) is 0 Å². The van der Waals surface area contributed by atoms with E-state index in [4.69, 9.17) is 8.85 Å². The first-order valence-electron chi connectivity index (χ1n) is 5.81. The highest BCUT2D eigenvalue weighted by Gasteiger charge is 2.20. The van der Waals surface area contributed by atoms with Crippen molar-refractivity contribution in [3.05, 3.63) is 0 Å². The number of rotatable bonds is 5. The van der Waals surface area contributed by atoms with E-state index < -0.39 is 9.28 Å². The van der Waals surface area contributed by atoms with Gasteiger partial charge in [-0.15, -0.1) is 0 Å². The van der Waals surface area contributed by atoms with Crippen molar-refractivity contribution in [2.75, 3.05) is 14.2 Å². The Labute approximate surface area is 89.8 Å². The van der Waals surface area contributed by atoms with E-state index in [1.165, 1.54) is 38.1 Å². The van der Waals surface area contributed by atoms with Crippen molar-refractivity contribution in [2.24, 2.45) is 11.8 Å². The minimum atomic E-state index is -1.28. The van der Waals surface area contributed by atoms with Gasteiger partial charge in [0.1, 0.15) is 0 Å². The van der Waals surface area contributed by atoms with Gasteiger partial charge in [0.25, 0.3) is 0 Å². The van der Waals surface area contributed by atoms with Crippen molar-refractivity contribution < 1.29 is 8.85 Å². The molecule has 0 heterocycles. The summed E-state index contributed by atoms with van der Waals surface area (Å²) in [7, 11) is 2.28. The minimum absolute atomic E-state index is 0.950. The zero-order chi connectivity index (χ0) is 10.4. The van der Waals surface area contributed by atoms with E-state index in [1.807, 2.05) is 0 Å². The van der Waals surface area contributed by atoms with Gasteiger partial charge in [-0.3, -0.25) is 0 Å². The Morgan fingerprint density at radius 3 is 2.14 bits per heavy atom. The van der Waals surface area contributed by atoms with E-state index in [2.05, 4.69) is 6.92 Å². The largest absolute Gasteiger partial charge is 0.400 e. The van der Waals surface area contributed by atoms with Crippen LogP contribution in [0.25, 0.3) is 0 Å². The van der Waals surface area contributed by atoms with Gasteiger partial charge in [0.15, 0.2) is 0 Å². The molecule has 0 unspecified atom stereocenters. The first-order chi connectivity index (χ1) is 6.76. The molecule has 3 heteroatoms. The Morgan fingerprint density at radius 2 is 1.64 bits per heavy atom. The molecule has 0 saturated heterocycles. The maximum atomic E-state index is 5.33. The maximum absolute atomic E-state index is 5.33. The number of hydrogen-bond acceptors (Lipinski definition) is 2. The van der Waals surface area contributed by atoms with Gasteiger partial charge in [0.05, 0.1) is 0 Å². The van der Waals surface area contributed by atoms with Gasteiger partial charge in [-0.25, -0.2) is 0 Å². The SMILES string of the molecule is CO[SiH](CCC1CCC(C)CC1)OC. The van der Waals surface area contributed by atoms with Crippen LogP contribution in [0.4, 0.5) is 0 Å². The van der Waals surface area contributed by atoms with Gasteiger partial charge in [0, 0.05) is 14.2 Å². The standard InChI is InChI=1S/C11H24O2Si/c1-10-4-6-11(7-5-10)8-9-14(12-2)13-3/h10-11,14H,4-9H2,1-3H3. The predicted octanol–water partition coefficient (Wildman–Crippen LogP) is 2.72. The van der Waals surface area contributed by atoms with Crippen LogP contribution in [0.5, 0.6) is 0 Å². The summed E-state index contributed by atoms with van der Waals surface area (Å²) in [5.74, 6) is 1.91. The molecule has 1 fully saturated rings. The second kappa shape index (κ2) is 6.59. The quantitative estimate of drug-likeness (QED) is 0.658. The highest BCUT2D eigenvalue weighted by atomic mass is 28.3. The van der Waals surface area contributed by atoms with Gasteiger partial charge >= 0.3 is 9.28 Å². The minimum Gasteiger partial charge on any atom is -0.400 e. The molecule has 0 aromatic rings. The molecule has 0 N–H and O–H groups in total. The Balaban J connectivity index is 2.12. The lowest BCUT2D eigenvalue weighted by Gasteiger charge is -2.26. The molecule has 0 aliphatic heterocycles. The van der Waals surface area contributed by atoms with E-state index in [9.17, 15) is 0 Å². The van der Waals surface area contributed by atoms with Gasteiger partial charge < -0.3 is 8.85 Å². The molecular weight excluding hydrogens is 192 g/mol. The molecule has 84 valence electrons. The third-order valence-electron chi connectivity index (χ3n) is 3.47. The fourth-order valence-corrected chi connectivity index (χ4v) is 3.73. The fraction of sp³-hybridized carbons (Fsp3) is 1.00. The van der Waals surface area contributed by atoms with Gasteiger partial charge in [-0.1, -0.05) is 32.6 Å². The fourth-order valence-electron chi connectivity index (χ4n) is 2.32. The normalized spacial score (nSPS) is 28.3. The molecule has 0 aromatic carbocycles. The third-order valence-corrected chi connectivity index (χ3v) is 5.33. The second-order valence-corrected chi connectivity index (χ2v) is 6.98. The van der Waals surface area contributed by atoms with Gasteiger partial charge in [-0.05, 0) is 24.3 Å². The highest BCUT2D eigenvalue weighted by Crippen LogP contribution is 2.31. The van der Waals surface area contributed by atoms with Crippen molar-refractivity contribution in [2.45, 2.75) is 45.1 Å². The van der Waals surface area contributed by atoms with Crippen molar-refractivity contribution in [1.82, 2.24) is 0 Å². The summed E-state index contributed by atoms with van der Waals surface area (Å²) in [6.45, 7) is 2.37. The van der Waals surface area contributed by atoms with Crippen LogP contribution in [0.3, 0.4) is 0 Å². The Morgan fingerprint density at radius 1 is 1.07 bits per heavy atom. The summed E-state index contributed by atoms with van der Waals surface area (Å²) in [6.07, 6.45) is 7.03. The Kier molecular flexibility index (Phi) is 5.75. The predicted molar refractivity (Wildman–Crippen MR) is 61.7 cm³/mol. The molecule has 0 spiro atoms. The Bertz CT molecular complexity index is 140. The van der Waals surface area contributed by atoms with Gasteiger partial charge in [0.2, 0.25) is 0 Å². The Hall–Kier alpha value is 0.137. The van der Waals surface area contributed by atoms with Crippen LogP contribution in [-0.2, 0) is 8.85 Å². The first kappa shape index (κ1) is 12.2. The smallest absolute Gasteiger partial charge is 0.320 e. The third kappa shape index (κ3) is 4.11. The molecule has 0 aromatic heterocycles. The number of hydrogen-bond donors (Lipinski definition) is 0. The van der Waals surface area contributed by atoms with Crippen LogP contribution < -0.4 is 0 Å². The first-order valence-corrected chi connectivity index (χ1v) is 7.57. The van der Waals surface area contributed by atoms with E-state index in [0.717, 1.165) is 11.8 Å². The van der Waals surface area contributed by atoms with Crippen LogP contribution >= 0.6 is 0 Å². The molecule has 1 aliphatic rings. The molecule has 0 amide bonds. The molecule has 0 atom stereocenters. The molecule has 2 nitrogen and oxygen atoms in total. The van der Waals surface area contributed by atoms with E-state index in [-0.39, 0.29) is 0 Å². The summed E-state index contributed by atoms with van der Waals surface area (Å²) in [5.41, 5.74) is 0. The monoisotopic (exact) mass is 216 g/mol. The second-order valence-electron chi connectivity index (χ2n) is 4.60. The van der Waals surface area contributed by atoms with Gasteiger partial charge in [-0.2, -0.15) is 0 Å². The molecule has 1 aliphatic carbocycles. The lowest BCUT2D eigenvalue weighted by atomic mass is 9.82. The molecule has 0 bridgehead atoms. The zero-order valence-electron chi connectivity index (χ0n) is 9.79. The van der Waals surface area contributed by atoms with Crippen LogP contribution in [0.1, 0.15) is 39.0 Å². The topological polar surface area (TPSA) is 18.5 Å². The van der Waals surface area contributed by atoms with E-state index in [1.54, 1.807) is 14.2 Å². The summed E-state index contributed by atoms with van der Waals surface area (Å²) in [5, 5.41) is 0. The average molecular weight is 216 g/mol. The summed E-state index contributed by atoms with van der Waals surface area (Å²) in [4.78, 5) is 0. The molecule has 0 radical (unpaired) electrons. The zero-order valence-corrected chi connectivity index (χ0v) is 10.9. The maximum Gasteiger partial charge on any atom is 0.320 e. The van der Waals surface area contributed by atoms with Crippen LogP contribution in [-0.4, -0.2) is 23.5 Å². The lowest BCUT2D eigenvalue weighted by molar-refractivity contribution is 0.255. The molecule has 14 heavy (non-hydrogen) atoms. The molecule has 1 saturated carbocycles. The van der Waals surface area contributed by atoms with E-state index >= 15 is 0 Å². The van der Waals surface area contributed by atoms with Crippen molar-refractivity contribution >= 4 is 9.28 Å².